The lowest BCUT2D eigenvalue weighted by atomic mass is 9.98. The third kappa shape index (κ3) is 2.49. The van der Waals surface area contributed by atoms with Crippen LogP contribution >= 0.6 is 0 Å². The van der Waals surface area contributed by atoms with E-state index in [-0.39, 0.29) is 12.0 Å². The van der Waals surface area contributed by atoms with Gasteiger partial charge in [-0.05, 0) is 25.8 Å². The first-order valence-corrected chi connectivity index (χ1v) is 5.83. The number of carbonyl (C=O) groups excluding carboxylic acids is 1. The molecule has 1 amide bonds. The Morgan fingerprint density at radius 2 is 2.33 bits per heavy atom. The summed E-state index contributed by atoms with van der Waals surface area (Å²) in [5, 5.41) is 3.29. The van der Waals surface area contributed by atoms with E-state index in [4.69, 9.17) is 4.74 Å². The average molecular weight is 212 g/mol. The molecule has 0 aromatic heterocycles. The predicted molar refractivity (Wildman–Crippen MR) is 57.6 cm³/mol. The molecule has 0 aliphatic carbocycles. The van der Waals surface area contributed by atoms with E-state index in [0.29, 0.717) is 5.91 Å². The van der Waals surface area contributed by atoms with E-state index in [9.17, 15) is 4.79 Å². The molecule has 2 saturated heterocycles. The zero-order valence-electron chi connectivity index (χ0n) is 9.37. The van der Waals surface area contributed by atoms with Crippen molar-refractivity contribution in [2.45, 2.75) is 25.4 Å². The molecule has 0 radical (unpaired) electrons. The minimum atomic E-state index is 0.203. The number of carbonyl (C=O) groups is 1. The predicted octanol–water partition coefficient (Wildman–Crippen LogP) is 0.233. The van der Waals surface area contributed by atoms with E-state index >= 15 is 0 Å². The summed E-state index contributed by atoms with van der Waals surface area (Å²) in [5.41, 5.74) is 0. The van der Waals surface area contributed by atoms with Crippen molar-refractivity contribution < 1.29 is 9.53 Å². The molecule has 2 fully saturated rings. The molecule has 0 bridgehead atoms. The summed E-state index contributed by atoms with van der Waals surface area (Å²) in [7, 11) is 1.72. The lowest BCUT2D eigenvalue weighted by Gasteiger charge is -2.26. The molecule has 0 aromatic rings. The second-order valence-electron chi connectivity index (χ2n) is 4.47. The van der Waals surface area contributed by atoms with Gasteiger partial charge in [0.15, 0.2) is 0 Å². The van der Waals surface area contributed by atoms with Crippen molar-refractivity contribution in [2.24, 2.45) is 5.92 Å². The van der Waals surface area contributed by atoms with Gasteiger partial charge in [-0.2, -0.15) is 0 Å². The molecule has 4 nitrogen and oxygen atoms in total. The highest BCUT2D eigenvalue weighted by Crippen LogP contribution is 2.18. The molecule has 0 unspecified atom stereocenters. The fraction of sp³-hybridized carbons (Fsp3) is 0.909. The normalized spacial score (nSPS) is 31.9. The van der Waals surface area contributed by atoms with Gasteiger partial charge in [0.2, 0.25) is 5.91 Å². The minimum Gasteiger partial charge on any atom is -0.380 e. The SMILES string of the molecule is CO[C@@H]1CCN(C(=O)[C@@H]2CCCNC2)C1. The van der Waals surface area contributed by atoms with Gasteiger partial charge in [-0.15, -0.1) is 0 Å². The summed E-state index contributed by atoms with van der Waals surface area (Å²) in [6.07, 6.45) is 3.41. The molecule has 1 N–H and O–H groups in total. The Kier molecular flexibility index (Phi) is 3.59. The monoisotopic (exact) mass is 212 g/mol. The number of ether oxygens (including phenoxy) is 1. The first-order chi connectivity index (χ1) is 7.31. The van der Waals surface area contributed by atoms with Crippen LogP contribution in [0.2, 0.25) is 0 Å². The maximum absolute atomic E-state index is 12.1. The van der Waals surface area contributed by atoms with Crippen LogP contribution in [0.1, 0.15) is 19.3 Å². The fourth-order valence-electron chi connectivity index (χ4n) is 2.44. The van der Waals surface area contributed by atoms with Gasteiger partial charge >= 0.3 is 0 Å². The summed E-state index contributed by atoms with van der Waals surface area (Å²) in [6, 6.07) is 0. The van der Waals surface area contributed by atoms with Crippen molar-refractivity contribution >= 4 is 5.91 Å². The third-order valence-electron chi connectivity index (χ3n) is 3.44. The molecular weight excluding hydrogens is 192 g/mol. The molecule has 0 aromatic carbocycles. The molecule has 0 spiro atoms. The second kappa shape index (κ2) is 4.94. The van der Waals surface area contributed by atoms with E-state index in [1.807, 2.05) is 4.90 Å². The van der Waals surface area contributed by atoms with Crippen LogP contribution in [-0.2, 0) is 9.53 Å². The summed E-state index contributed by atoms with van der Waals surface area (Å²) < 4.78 is 5.27. The first kappa shape index (κ1) is 10.9. The van der Waals surface area contributed by atoms with Crippen molar-refractivity contribution in [3.63, 3.8) is 0 Å². The number of hydrogen-bond acceptors (Lipinski definition) is 3. The fourth-order valence-corrected chi connectivity index (χ4v) is 2.44. The second-order valence-corrected chi connectivity index (χ2v) is 4.47. The van der Waals surface area contributed by atoms with Gasteiger partial charge < -0.3 is 15.0 Å². The topological polar surface area (TPSA) is 41.6 Å². The Morgan fingerprint density at radius 1 is 1.47 bits per heavy atom. The Morgan fingerprint density at radius 3 is 2.93 bits per heavy atom. The van der Waals surface area contributed by atoms with E-state index in [2.05, 4.69) is 5.32 Å². The third-order valence-corrected chi connectivity index (χ3v) is 3.44. The van der Waals surface area contributed by atoms with E-state index < -0.39 is 0 Å². The molecule has 2 rings (SSSR count). The number of nitrogens with one attached hydrogen (secondary N) is 1. The van der Waals surface area contributed by atoms with Crippen molar-refractivity contribution in [1.29, 1.82) is 0 Å². The van der Waals surface area contributed by atoms with Gasteiger partial charge in [0.1, 0.15) is 0 Å². The molecule has 2 aliphatic heterocycles. The highest BCUT2D eigenvalue weighted by atomic mass is 16.5. The van der Waals surface area contributed by atoms with Crippen LogP contribution in [0, 0.1) is 5.92 Å². The van der Waals surface area contributed by atoms with Gasteiger partial charge in [0.05, 0.1) is 12.0 Å². The Labute approximate surface area is 91.0 Å². The van der Waals surface area contributed by atoms with Crippen molar-refractivity contribution in [3.8, 4) is 0 Å². The standard InChI is InChI=1S/C11H20N2O2/c1-15-10-4-6-13(8-10)11(14)9-3-2-5-12-7-9/h9-10,12H,2-8H2,1H3/t9-,10-/m1/s1. The first-order valence-electron chi connectivity index (χ1n) is 5.83. The smallest absolute Gasteiger partial charge is 0.227 e. The van der Waals surface area contributed by atoms with Crippen molar-refractivity contribution in [2.75, 3.05) is 33.3 Å². The number of hydrogen-bond donors (Lipinski definition) is 1. The number of likely N-dealkylation sites (tertiary alicyclic amines) is 1. The molecule has 2 atom stereocenters. The summed E-state index contributed by atoms with van der Waals surface area (Å²) >= 11 is 0. The molecule has 2 heterocycles. The maximum atomic E-state index is 12.1. The van der Waals surface area contributed by atoms with Crippen LogP contribution in [0.25, 0.3) is 0 Å². The number of nitrogens with zero attached hydrogens (tertiary/aromatic N) is 1. The molecule has 0 saturated carbocycles. The lowest BCUT2D eigenvalue weighted by molar-refractivity contribution is -0.135. The van der Waals surface area contributed by atoms with E-state index in [0.717, 1.165) is 45.4 Å². The summed E-state index contributed by atoms with van der Waals surface area (Å²) in [4.78, 5) is 14.1. The van der Waals surface area contributed by atoms with Crippen LogP contribution in [0.5, 0.6) is 0 Å². The molecule has 4 heteroatoms. The van der Waals surface area contributed by atoms with Gasteiger partial charge in [0, 0.05) is 26.7 Å². The van der Waals surface area contributed by atoms with E-state index in [1.165, 1.54) is 0 Å². The van der Waals surface area contributed by atoms with Crippen molar-refractivity contribution in [3.05, 3.63) is 0 Å². The molecular formula is C11H20N2O2. The van der Waals surface area contributed by atoms with Crippen LogP contribution in [-0.4, -0.2) is 50.2 Å². The quantitative estimate of drug-likeness (QED) is 0.712. The van der Waals surface area contributed by atoms with E-state index in [1.54, 1.807) is 7.11 Å². The zero-order chi connectivity index (χ0) is 10.7. The van der Waals surface area contributed by atoms with Gasteiger partial charge in [-0.25, -0.2) is 0 Å². The van der Waals surface area contributed by atoms with Crippen molar-refractivity contribution in [1.82, 2.24) is 10.2 Å². The lowest BCUT2D eigenvalue weighted by Crippen LogP contribution is -2.42. The summed E-state index contributed by atoms with van der Waals surface area (Å²) in [6.45, 7) is 3.57. The van der Waals surface area contributed by atoms with Crippen LogP contribution in [0.4, 0.5) is 0 Å². The van der Waals surface area contributed by atoms with Crippen LogP contribution in [0.15, 0.2) is 0 Å². The maximum Gasteiger partial charge on any atom is 0.227 e. The van der Waals surface area contributed by atoms with Crippen LogP contribution in [0.3, 0.4) is 0 Å². The van der Waals surface area contributed by atoms with Gasteiger partial charge in [0.25, 0.3) is 0 Å². The molecule has 15 heavy (non-hydrogen) atoms. The summed E-state index contributed by atoms with van der Waals surface area (Å²) in [5.74, 6) is 0.524. The highest BCUT2D eigenvalue weighted by molar-refractivity contribution is 5.79. The zero-order valence-corrected chi connectivity index (χ0v) is 9.37. The average Bonchev–Trinajstić information content (AvgIpc) is 2.78. The molecule has 86 valence electrons. The van der Waals surface area contributed by atoms with Crippen LogP contribution < -0.4 is 5.32 Å². The number of amides is 1. The Balaban J connectivity index is 1.85. The molecule has 2 aliphatic rings. The minimum absolute atomic E-state index is 0.203. The highest BCUT2D eigenvalue weighted by Gasteiger charge is 2.31. The van der Waals surface area contributed by atoms with Gasteiger partial charge in [-0.3, -0.25) is 4.79 Å². The van der Waals surface area contributed by atoms with Gasteiger partial charge in [-0.1, -0.05) is 0 Å². The Hall–Kier alpha value is -0.610. The Bertz CT molecular complexity index is 227. The number of piperidine rings is 1. The number of rotatable bonds is 2. The number of methoxy groups -OCH3 is 1. The largest absolute Gasteiger partial charge is 0.380 e.